The molecule has 4 rings (SSSR count). The van der Waals surface area contributed by atoms with Crippen LogP contribution in [0.5, 0.6) is 0 Å². The van der Waals surface area contributed by atoms with Gasteiger partial charge in [0.2, 0.25) is 5.95 Å². The van der Waals surface area contributed by atoms with Gasteiger partial charge in [0.15, 0.2) is 0 Å². The molecule has 9 heteroatoms. The molecule has 5 nitrogen and oxygen atoms in total. The van der Waals surface area contributed by atoms with E-state index in [9.17, 15) is 13.6 Å². The largest absolute Gasteiger partial charge is 0.384 e. The normalized spacial score (nSPS) is 19.4. The number of aliphatic hydroxyl groups excluding tert-OH is 1. The Labute approximate surface area is 175 Å². The van der Waals surface area contributed by atoms with E-state index in [1.54, 1.807) is 4.90 Å². The Morgan fingerprint density at radius 1 is 1.31 bits per heavy atom. The van der Waals surface area contributed by atoms with Gasteiger partial charge in [0.1, 0.15) is 12.4 Å². The van der Waals surface area contributed by atoms with Crippen molar-refractivity contribution in [3.63, 3.8) is 0 Å². The van der Waals surface area contributed by atoms with Gasteiger partial charge in [0.05, 0.1) is 21.8 Å². The number of pyridine rings is 1. The average Bonchev–Trinajstić information content (AvgIpc) is 3.00. The number of carbonyl (C=O) groups excluding carboxylic acids is 1. The second-order valence-electron chi connectivity index (χ2n) is 6.85. The first-order valence-corrected chi connectivity index (χ1v) is 9.67. The molecule has 2 N–H and O–H groups in total. The minimum Gasteiger partial charge on any atom is -0.384 e. The molecule has 2 aliphatic rings. The van der Waals surface area contributed by atoms with Gasteiger partial charge in [0.25, 0.3) is 0 Å². The molecule has 0 radical (unpaired) electrons. The molecule has 2 atom stereocenters. The Balaban J connectivity index is 1.69. The first-order chi connectivity index (χ1) is 13.9. The lowest BCUT2D eigenvalue weighted by molar-refractivity contribution is 0.178. The van der Waals surface area contributed by atoms with Gasteiger partial charge in [-0.05, 0) is 37.0 Å². The molecule has 1 aromatic heterocycles. The van der Waals surface area contributed by atoms with Gasteiger partial charge in [0, 0.05) is 23.4 Å². The van der Waals surface area contributed by atoms with E-state index in [0.717, 1.165) is 6.07 Å². The van der Waals surface area contributed by atoms with Crippen LogP contribution in [0.4, 0.5) is 19.3 Å². The Morgan fingerprint density at radius 2 is 2.07 bits per heavy atom. The van der Waals surface area contributed by atoms with Crippen LogP contribution in [-0.4, -0.2) is 33.7 Å². The fourth-order valence-corrected chi connectivity index (χ4v) is 4.37. The van der Waals surface area contributed by atoms with Crippen molar-refractivity contribution in [1.82, 2.24) is 9.88 Å². The zero-order valence-corrected chi connectivity index (χ0v) is 16.5. The number of nitrogens with zero attached hydrogens (tertiary/aromatic N) is 2. The lowest BCUT2D eigenvalue weighted by atomic mass is 9.91. The molecule has 2 aromatic rings. The van der Waals surface area contributed by atoms with Crippen molar-refractivity contribution in [1.29, 1.82) is 0 Å². The molecule has 2 aliphatic heterocycles. The van der Waals surface area contributed by atoms with Crippen molar-refractivity contribution >= 4 is 34.9 Å². The molecular formula is C20H15Cl2F2N3O2. The van der Waals surface area contributed by atoms with Crippen LogP contribution < -0.4 is 5.32 Å². The number of anilines is 1. The number of hydrogen-bond donors (Lipinski definition) is 2. The molecule has 0 aliphatic carbocycles. The van der Waals surface area contributed by atoms with Crippen LogP contribution >= 0.6 is 23.2 Å². The minimum absolute atomic E-state index is 0.0456. The summed E-state index contributed by atoms with van der Waals surface area (Å²) in [5, 5.41) is 11.7. The Bertz CT molecular complexity index is 1070. The fraction of sp³-hybridized carbons (Fsp3) is 0.300. The topological polar surface area (TPSA) is 65.5 Å². The number of amides is 2. The molecule has 150 valence electrons. The zero-order valence-electron chi connectivity index (χ0n) is 15.0. The molecule has 1 saturated heterocycles. The van der Waals surface area contributed by atoms with Gasteiger partial charge in [-0.15, -0.1) is 0 Å². The van der Waals surface area contributed by atoms with Crippen LogP contribution in [0.3, 0.4) is 0 Å². The number of fused-ring (bicyclic) bond motifs is 4. The van der Waals surface area contributed by atoms with E-state index in [1.165, 1.54) is 12.3 Å². The van der Waals surface area contributed by atoms with E-state index < -0.39 is 23.8 Å². The van der Waals surface area contributed by atoms with Crippen LogP contribution in [0.25, 0.3) is 0 Å². The number of aliphatic hydroxyl groups is 1. The highest BCUT2D eigenvalue weighted by atomic mass is 35.5. The third kappa shape index (κ3) is 3.52. The molecule has 0 unspecified atom stereocenters. The van der Waals surface area contributed by atoms with Crippen molar-refractivity contribution in [2.24, 2.45) is 0 Å². The van der Waals surface area contributed by atoms with Gasteiger partial charge < -0.3 is 15.3 Å². The number of urea groups is 1. The fourth-order valence-electron chi connectivity index (χ4n) is 4.06. The molecule has 1 aromatic carbocycles. The highest BCUT2D eigenvalue weighted by Gasteiger charge is 2.45. The third-order valence-corrected chi connectivity index (χ3v) is 5.96. The zero-order chi connectivity index (χ0) is 20.7. The molecule has 2 bridgehead atoms. The summed E-state index contributed by atoms with van der Waals surface area (Å²) in [5.41, 5.74) is 1.42. The second kappa shape index (κ2) is 7.79. The van der Waals surface area contributed by atoms with Crippen LogP contribution in [-0.2, 0) is 6.42 Å². The van der Waals surface area contributed by atoms with Crippen LogP contribution in [0.1, 0.15) is 35.6 Å². The number of hydrogen-bond acceptors (Lipinski definition) is 3. The van der Waals surface area contributed by atoms with E-state index >= 15 is 0 Å². The van der Waals surface area contributed by atoms with E-state index in [4.69, 9.17) is 28.3 Å². The molecule has 0 saturated carbocycles. The van der Waals surface area contributed by atoms with Crippen LogP contribution in [0.2, 0.25) is 10.0 Å². The van der Waals surface area contributed by atoms with E-state index in [1.807, 2.05) is 0 Å². The maximum Gasteiger partial charge on any atom is 0.322 e. The summed E-state index contributed by atoms with van der Waals surface area (Å²) in [6.07, 6.45) is 2.88. The standard InChI is InChI=1S/C20H15Cl2F2N3O2/c21-13-7-15(23)16(8-14(13)22)26-20(29)27-11-3-4-17(27)18-10(2-1-5-28)9-25-19(24)12(18)6-11/h7-9,11,17,28H,3-6H2,(H,26,29)/t11-,17+/m0/s1. The highest BCUT2D eigenvalue weighted by Crippen LogP contribution is 2.45. The molecule has 2 amide bonds. The predicted octanol–water partition coefficient (Wildman–Crippen LogP) is 4.30. The van der Waals surface area contributed by atoms with E-state index in [2.05, 4.69) is 22.1 Å². The molecule has 3 heterocycles. The maximum atomic E-state index is 14.4. The SMILES string of the molecule is O=C(Nc1cc(Cl)c(Cl)cc1F)N1[C@H]2CC[C@@H]1c1c(C#CCO)cnc(F)c1C2. The average molecular weight is 438 g/mol. The Kier molecular flexibility index (Phi) is 5.34. The summed E-state index contributed by atoms with van der Waals surface area (Å²) in [6.45, 7) is -0.347. The van der Waals surface area contributed by atoms with Gasteiger partial charge in [-0.25, -0.2) is 14.2 Å². The third-order valence-electron chi connectivity index (χ3n) is 5.23. The quantitative estimate of drug-likeness (QED) is 0.397. The summed E-state index contributed by atoms with van der Waals surface area (Å²) < 4.78 is 28.5. The van der Waals surface area contributed by atoms with Crippen molar-refractivity contribution in [2.75, 3.05) is 11.9 Å². The van der Waals surface area contributed by atoms with Crippen LogP contribution in [0.15, 0.2) is 18.3 Å². The molecule has 29 heavy (non-hydrogen) atoms. The first-order valence-electron chi connectivity index (χ1n) is 8.91. The first kappa shape index (κ1) is 19.9. The van der Waals surface area contributed by atoms with Crippen LogP contribution in [0, 0.1) is 23.6 Å². The Morgan fingerprint density at radius 3 is 2.83 bits per heavy atom. The molecule has 1 fully saturated rings. The lowest BCUT2D eigenvalue weighted by Gasteiger charge is -2.36. The number of nitrogens with one attached hydrogen (secondary N) is 1. The summed E-state index contributed by atoms with van der Waals surface area (Å²) in [4.78, 5) is 18.3. The number of benzene rings is 1. The van der Waals surface area contributed by atoms with Gasteiger partial charge >= 0.3 is 6.03 Å². The molecular weight excluding hydrogens is 423 g/mol. The minimum atomic E-state index is -0.706. The second-order valence-corrected chi connectivity index (χ2v) is 7.66. The van der Waals surface area contributed by atoms with Crippen molar-refractivity contribution in [3.8, 4) is 11.8 Å². The van der Waals surface area contributed by atoms with Crippen molar-refractivity contribution < 1.29 is 18.7 Å². The predicted molar refractivity (Wildman–Crippen MR) is 105 cm³/mol. The number of carbonyl (C=O) groups is 1. The summed E-state index contributed by atoms with van der Waals surface area (Å²) in [7, 11) is 0. The number of rotatable bonds is 1. The number of halogens is 4. The van der Waals surface area contributed by atoms with Gasteiger partial charge in [-0.2, -0.15) is 4.39 Å². The van der Waals surface area contributed by atoms with Crippen molar-refractivity contribution in [3.05, 3.63) is 56.8 Å². The monoisotopic (exact) mass is 437 g/mol. The smallest absolute Gasteiger partial charge is 0.322 e. The van der Waals surface area contributed by atoms with Crippen molar-refractivity contribution in [2.45, 2.75) is 31.3 Å². The summed E-state index contributed by atoms with van der Waals surface area (Å²) in [6, 6.07) is 1.10. The van der Waals surface area contributed by atoms with E-state index in [0.29, 0.717) is 29.5 Å². The Hall–Kier alpha value is -2.40. The summed E-state index contributed by atoms with van der Waals surface area (Å²) >= 11 is 11.7. The van der Waals surface area contributed by atoms with Gasteiger partial charge in [-0.1, -0.05) is 35.0 Å². The number of aromatic nitrogens is 1. The highest BCUT2D eigenvalue weighted by molar-refractivity contribution is 6.42. The van der Waals surface area contributed by atoms with E-state index in [-0.39, 0.29) is 34.8 Å². The maximum absolute atomic E-state index is 14.4. The van der Waals surface area contributed by atoms with Gasteiger partial charge in [-0.3, -0.25) is 0 Å². The lowest BCUT2D eigenvalue weighted by Crippen LogP contribution is -2.45. The summed E-state index contributed by atoms with van der Waals surface area (Å²) in [5.74, 6) is 4.04. The molecule has 0 spiro atoms.